The molecule has 1 atom stereocenters. The zero-order valence-electron chi connectivity index (χ0n) is 17.8. The van der Waals surface area contributed by atoms with Crippen LogP contribution in [0.5, 0.6) is 0 Å². The average molecular weight is 442 g/mol. The Bertz CT molecular complexity index is 1110. The van der Waals surface area contributed by atoms with Crippen molar-refractivity contribution in [3.63, 3.8) is 0 Å². The molecule has 31 heavy (non-hydrogen) atoms. The Hall–Kier alpha value is -2.75. The Morgan fingerprint density at radius 1 is 1.35 bits per heavy atom. The number of fused-ring (bicyclic) bond motifs is 1. The first-order chi connectivity index (χ1) is 15.0. The maximum absolute atomic E-state index is 12.8. The van der Waals surface area contributed by atoms with Gasteiger partial charge in [0.15, 0.2) is 0 Å². The average Bonchev–Trinajstić information content (AvgIpc) is 3.24. The number of aromatic nitrogens is 2. The number of benzene rings is 1. The number of amides is 2. The van der Waals surface area contributed by atoms with Gasteiger partial charge in [0.1, 0.15) is 10.5 Å². The molecule has 1 unspecified atom stereocenters. The molecule has 0 bridgehead atoms. The highest BCUT2D eigenvalue weighted by atomic mass is 32.1. The van der Waals surface area contributed by atoms with Crippen molar-refractivity contribution < 1.29 is 9.53 Å². The van der Waals surface area contributed by atoms with Crippen molar-refractivity contribution >= 4 is 27.6 Å². The Balaban J connectivity index is 1.43. The minimum Gasteiger partial charge on any atom is -0.379 e. The first kappa shape index (κ1) is 21.5. The van der Waals surface area contributed by atoms with Crippen LogP contribution in [0.3, 0.4) is 0 Å². The van der Waals surface area contributed by atoms with Gasteiger partial charge in [-0.15, -0.1) is 11.3 Å². The molecule has 2 aromatic heterocycles. The van der Waals surface area contributed by atoms with Gasteiger partial charge in [0, 0.05) is 26.7 Å². The van der Waals surface area contributed by atoms with E-state index in [2.05, 4.69) is 51.4 Å². The fourth-order valence-electron chi connectivity index (χ4n) is 3.84. The van der Waals surface area contributed by atoms with Gasteiger partial charge in [-0.05, 0) is 23.9 Å². The quantitative estimate of drug-likeness (QED) is 0.613. The van der Waals surface area contributed by atoms with E-state index in [1.165, 1.54) is 27.4 Å². The smallest absolute Gasteiger partial charge is 0.317 e. The van der Waals surface area contributed by atoms with Crippen LogP contribution in [0.4, 0.5) is 4.79 Å². The molecule has 3 heterocycles. The van der Waals surface area contributed by atoms with Crippen LogP contribution in [0.1, 0.15) is 23.0 Å². The van der Waals surface area contributed by atoms with Crippen molar-refractivity contribution in [2.24, 2.45) is 0 Å². The van der Waals surface area contributed by atoms with Crippen LogP contribution in [0, 0.1) is 6.92 Å². The molecule has 164 valence electrons. The second kappa shape index (κ2) is 9.59. The number of hydrogen-bond donors (Lipinski definition) is 2. The Labute approximate surface area is 184 Å². The monoisotopic (exact) mass is 441 g/mol. The molecule has 1 fully saturated rings. The van der Waals surface area contributed by atoms with Gasteiger partial charge in [0.2, 0.25) is 0 Å². The highest BCUT2D eigenvalue weighted by Crippen LogP contribution is 2.22. The van der Waals surface area contributed by atoms with Crippen LogP contribution in [0.25, 0.3) is 10.2 Å². The SMILES string of the molecule is Cc1cccc(C(CNC(=O)N(C)Cc2nc3ccsc3c(=O)[nH]2)N2CCOCC2)c1. The summed E-state index contributed by atoms with van der Waals surface area (Å²) in [6.45, 7) is 5.83. The van der Waals surface area contributed by atoms with Crippen LogP contribution in [0.15, 0.2) is 40.5 Å². The van der Waals surface area contributed by atoms with Crippen molar-refractivity contribution in [1.82, 2.24) is 25.1 Å². The molecule has 3 aromatic rings. The summed E-state index contributed by atoms with van der Waals surface area (Å²) in [6.07, 6.45) is 0. The zero-order valence-corrected chi connectivity index (χ0v) is 18.6. The molecule has 0 aliphatic carbocycles. The van der Waals surface area contributed by atoms with Gasteiger partial charge >= 0.3 is 6.03 Å². The number of morpholine rings is 1. The highest BCUT2D eigenvalue weighted by molar-refractivity contribution is 7.17. The predicted molar refractivity (Wildman–Crippen MR) is 121 cm³/mol. The summed E-state index contributed by atoms with van der Waals surface area (Å²) in [4.78, 5) is 36.1. The van der Waals surface area contributed by atoms with E-state index in [4.69, 9.17) is 4.74 Å². The van der Waals surface area contributed by atoms with Crippen LogP contribution in [-0.4, -0.2) is 65.7 Å². The number of carbonyl (C=O) groups excluding carboxylic acids is 1. The molecule has 1 aliphatic heterocycles. The lowest BCUT2D eigenvalue weighted by atomic mass is 10.0. The largest absolute Gasteiger partial charge is 0.379 e. The summed E-state index contributed by atoms with van der Waals surface area (Å²) >= 11 is 1.36. The number of urea groups is 1. The normalized spacial score (nSPS) is 15.7. The summed E-state index contributed by atoms with van der Waals surface area (Å²) in [6, 6.07) is 10.1. The number of ether oxygens (including phenoxy) is 1. The molecule has 1 aromatic carbocycles. The number of nitrogens with zero attached hydrogens (tertiary/aromatic N) is 3. The highest BCUT2D eigenvalue weighted by Gasteiger charge is 2.24. The summed E-state index contributed by atoms with van der Waals surface area (Å²) in [5.41, 5.74) is 2.86. The molecule has 0 radical (unpaired) electrons. The lowest BCUT2D eigenvalue weighted by molar-refractivity contribution is 0.0165. The third-order valence-corrected chi connectivity index (χ3v) is 6.36. The van der Waals surface area contributed by atoms with E-state index >= 15 is 0 Å². The third kappa shape index (κ3) is 5.12. The molecular formula is C22H27N5O3S. The lowest BCUT2D eigenvalue weighted by Gasteiger charge is -2.35. The van der Waals surface area contributed by atoms with E-state index in [1.807, 2.05) is 11.4 Å². The van der Waals surface area contributed by atoms with Gasteiger partial charge in [-0.25, -0.2) is 9.78 Å². The Morgan fingerprint density at radius 2 is 2.16 bits per heavy atom. The van der Waals surface area contributed by atoms with Gasteiger partial charge in [-0.1, -0.05) is 29.8 Å². The fraction of sp³-hybridized carbons (Fsp3) is 0.409. The van der Waals surface area contributed by atoms with Crippen molar-refractivity contribution in [2.45, 2.75) is 19.5 Å². The first-order valence-electron chi connectivity index (χ1n) is 10.3. The van der Waals surface area contributed by atoms with Gasteiger partial charge in [0.25, 0.3) is 5.56 Å². The molecule has 2 amide bonds. The van der Waals surface area contributed by atoms with Crippen LogP contribution >= 0.6 is 11.3 Å². The summed E-state index contributed by atoms with van der Waals surface area (Å²) in [7, 11) is 1.70. The maximum Gasteiger partial charge on any atom is 0.317 e. The number of carbonyl (C=O) groups is 1. The van der Waals surface area contributed by atoms with E-state index < -0.39 is 0 Å². The van der Waals surface area contributed by atoms with Gasteiger partial charge in [-0.2, -0.15) is 0 Å². The topological polar surface area (TPSA) is 90.6 Å². The van der Waals surface area contributed by atoms with E-state index in [9.17, 15) is 9.59 Å². The van der Waals surface area contributed by atoms with Crippen molar-refractivity contribution in [2.75, 3.05) is 39.9 Å². The van der Waals surface area contributed by atoms with Gasteiger partial charge < -0.3 is 19.9 Å². The second-order valence-electron chi connectivity index (χ2n) is 7.77. The molecule has 9 heteroatoms. The van der Waals surface area contributed by atoms with Gasteiger partial charge in [0.05, 0.1) is 31.3 Å². The molecule has 0 saturated carbocycles. The third-order valence-electron chi connectivity index (χ3n) is 5.46. The molecule has 1 aliphatic rings. The van der Waals surface area contributed by atoms with E-state index in [-0.39, 0.29) is 24.2 Å². The summed E-state index contributed by atoms with van der Waals surface area (Å²) < 4.78 is 6.10. The number of nitrogens with one attached hydrogen (secondary N) is 2. The number of rotatable bonds is 6. The van der Waals surface area contributed by atoms with E-state index in [1.54, 1.807) is 7.05 Å². The maximum atomic E-state index is 12.8. The summed E-state index contributed by atoms with van der Waals surface area (Å²) in [5, 5.41) is 4.89. The zero-order chi connectivity index (χ0) is 21.8. The summed E-state index contributed by atoms with van der Waals surface area (Å²) in [5.74, 6) is 0.469. The molecule has 0 spiro atoms. The molecule has 4 rings (SSSR count). The molecule has 1 saturated heterocycles. The lowest BCUT2D eigenvalue weighted by Crippen LogP contribution is -2.46. The minimum atomic E-state index is -0.209. The second-order valence-corrected chi connectivity index (χ2v) is 8.68. The fourth-order valence-corrected chi connectivity index (χ4v) is 4.56. The Kier molecular flexibility index (Phi) is 6.64. The van der Waals surface area contributed by atoms with Gasteiger partial charge in [-0.3, -0.25) is 9.69 Å². The van der Waals surface area contributed by atoms with Crippen molar-refractivity contribution in [1.29, 1.82) is 0 Å². The minimum absolute atomic E-state index is 0.0706. The van der Waals surface area contributed by atoms with E-state index in [0.29, 0.717) is 35.8 Å². The number of H-pyrrole nitrogens is 1. The molecule has 8 nitrogen and oxygen atoms in total. The van der Waals surface area contributed by atoms with Crippen LogP contribution < -0.4 is 10.9 Å². The Morgan fingerprint density at radius 3 is 2.94 bits per heavy atom. The predicted octanol–water partition coefficient (Wildman–Crippen LogP) is 2.51. The van der Waals surface area contributed by atoms with Crippen molar-refractivity contribution in [3.8, 4) is 0 Å². The number of aromatic amines is 1. The first-order valence-corrected chi connectivity index (χ1v) is 11.2. The number of hydrogen-bond acceptors (Lipinski definition) is 6. The standard InChI is InChI=1S/C22H27N5O3S/c1-15-4-3-5-16(12-15)18(27-7-9-30-10-8-27)13-23-22(29)26(2)14-19-24-17-6-11-31-20(17)21(28)25-19/h3-6,11-12,18H,7-10,13-14H2,1-2H3,(H,23,29)(H,24,25,28). The molecule has 2 N–H and O–H groups in total. The number of thiophene rings is 1. The van der Waals surface area contributed by atoms with Crippen LogP contribution in [-0.2, 0) is 11.3 Å². The van der Waals surface area contributed by atoms with Crippen molar-refractivity contribution in [3.05, 3.63) is 63.0 Å². The van der Waals surface area contributed by atoms with Crippen LogP contribution in [0.2, 0.25) is 0 Å². The molecular weight excluding hydrogens is 414 g/mol. The van der Waals surface area contributed by atoms with E-state index in [0.717, 1.165) is 13.1 Å². The number of aryl methyl sites for hydroxylation is 1.